The Hall–Kier alpha value is -2.73. The maximum atomic E-state index is 13.1. The molecule has 1 aromatic rings. The Labute approximate surface area is 220 Å². The molecule has 6 nitrogen and oxygen atoms in total. The Morgan fingerprint density at radius 3 is 2.38 bits per heavy atom. The first-order valence-electron chi connectivity index (χ1n) is 13.5. The summed E-state index contributed by atoms with van der Waals surface area (Å²) in [6.07, 6.45) is 8.69. The molecule has 200 valence electrons. The predicted octanol–water partition coefficient (Wildman–Crippen LogP) is 5.57. The lowest BCUT2D eigenvalue weighted by molar-refractivity contribution is -0.134. The number of ketones is 2. The fourth-order valence-corrected chi connectivity index (χ4v) is 7.73. The van der Waals surface area contributed by atoms with E-state index in [1.54, 1.807) is 12.7 Å². The van der Waals surface area contributed by atoms with Crippen LogP contribution in [0, 0.1) is 23.2 Å². The van der Waals surface area contributed by atoms with Gasteiger partial charge in [0.15, 0.2) is 11.6 Å². The number of carbonyl (C=O) groups excluding carboxylic acids is 2. The first-order valence-corrected chi connectivity index (χ1v) is 13.5. The summed E-state index contributed by atoms with van der Waals surface area (Å²) in [7, 11) is 5.78. The van der Waals surface area contributed by atoms with E-state index >= 15 is 0 Å². The fourth-order valence-electron chi connectivity index (χ4n) is 7.73. The van der Waals surface area contributed by atoms with Crippen LogP contribution in [0.3, 0.4) is 0 Å². The molecule has 0 radical (unpaired) electrons. The molecule has 0 saturated heterocycles. The number of benzene rings is 1. The van der Waals surface area contributed by atoms with Crippen molar-refractivity contribution in [2.75, 3.05) is 32.7 Å². The Balaban J connectivity index is 0.000000747. The van der Waals surface area contributed by atoms with E-state index in [-0.39, 0.29) is 29.5 Å². The molecule has 2 fully saturated rings. The minimum Gasteiger partial charge on any atom is -0.481 e. The first kappa shape index (κ1) is 27.3. The topological polar surface area (TPSA) is 83.9 Å². The zero-order valence-electron chi connectivity index (χ0n) is 22.9. The van der Waals surface area contributed by atoms with Crippen molar-refractivity contribution in [2.45, 2.75) is 64.7 Å². The van der Waals surface area contributed by atoms with Crippen molar-refractivity contribution >= 4 is 23.2 Å². The Morgan fingerprint density at radius 2 is 1.76 bits per heavy atom. The monoisotopic (exact) mass is 507 g/mol. The van der Waals surface area contributed by atoms with Gasteiger partial charge in [0.2, 0.25) is 0 Å². The summed E-state index contributed by atoms with van der Waals surface area (Å²) in [6.45, 7) is 3.70. The number of nitrogens with zero attached hydrogens (tertiary/aromatic N) is 1. The number of carboxylic acid groups (broad SMARTS) is 1. The zero-order chi connectivity index (χ0) is 26.9. The Morgan fingerprint density at radius 1 is 1.08 bits per heavy atom. The quantitative estimate of drug-likeness (QED) is 0.561. The van der Waals surface area contributed by atoms with Crippen LogP contribution in [0.1, 0.15) is 70.3 Å². The highest BCUT2D eigenvalue weighted by atomic mass is 16.5. The zero-order valence-corrected chi connectivity index (χ0v) is 22.9. The van der Waals surface area contributed by atoms with Gasteiger partial charge in [0, 0.05) is 52.1 Å². The first-order chi connectivity index (χ1) is 17.6. The third kappa shape index (κ3) is 5.31. The molecule has 1 N–H and O–H groups in total. The van der Waals surface area contributed by atoms with Gasteiger partial charge in [0.05, 0.1) is 0 Å². The van der Waals surface area contributed by atoms with Crippen LogP contribution in [0.5, 0.6) is 0 Å². The number of anilines is 1. The second-order valence-electron chi connectivity index (χ2n) is 11.6. The Bertz CT molecular complexity index is 1110. The third-order valence-electron chi connectivity index (χ3n) is 9.22. The summed E-state index contributed by atoms with van der Waals surface area (Å²) in [6, 6.07) is 9.02. The molecule has 5 atom stereocenters. The molecule has 4 aliphatic carbocycles. The number of ether oxygens (including phenoxy) is 1. The lowest BCUT2D eigenvalue weighted by Crippen LogP contribution is -2.45. The number of rotatable bonds is 5. The van der Waals surface area contributed by atoms with Crippen molar-refractivity contribution < 1.29 is 24.2 Å². The average molecular weight is 508 g/mol. The minimum atomic E-state index is -0.833. The molecule has 1 aromatic carbocycles. The highest BCUT2D eigenvalue weighted by Crippen LogP contribution is 2.65. The summed E-state index contributed by atoms with van der Waals surface area (Å²) < 4.78 is 5.27. The van der Waals surface area contributed by atoms with Crippen molar-refractivity contribution in [2.24, 2.45) is 23.2 Å². The smallest absolute Gasteiger partial charge is 0.300 e. The van der Waals surface area contributed by atoms with Crippen molar-refractivity contribution in [3.8, 4) is 0 Å². The van der Waals surface area contributed by atoms with Crippen LogP contribution in [0.25, 0.3) is 0 Å². The van der Waals surface area contributed by atoms with E-state index < -0.39 is 5.97 Å². The van der Waals surface area contributed by atoms with E-state index in [2.05, 4.69) is 50.2 Å². The van der Waals surface area contributed by atoms with Gasteiger partial charge >= 0.3 is 0 Å². The number of hydrogen-bond acceptors (Lipinski definition) is 5. The van der Waals surface area contributed by atoms with Crippen molar-refractivity contribution in [3.63, 3.8) is 0 Å². The number of carbonyl (C=O) groups is 3. The molecular formula is C31H41NO5. The van der Waals surface area contributed by atoms with Gasteiger partial charge in [-0.25, -0.2) is 0 Å². The number of carboxylic acids is 1. The maximum Gasteiger partial charge on any atom is 0.300 e. The molecule has 4 aliphatic rings. The number of hydrogen-bond donors (Lipinski definition) is 1. The second-order valence-corrected chi connectivity index (χ2v) is 11.6. The number of methoxy groups -OCH3 is 1. The summed E-state index contributed by atoms with van der Waals surface area (Å²) in [4.78, 5) is 36.4. The number of allylic oxidation sites excluding steroid dienone is 4. The van der Waals surface area contributed by atoms with E-state index in [0.717, 1.165) is 45.4 Å². The van der Waals surface area contributed by atoms with Crippen LogP contribution in [0.15, 0.2) is 47.1 Å². The van der Waals surface area contributed by atoms with Gasteiger partial charge in [0.25, 0.3) is 5.97 Å². The standard InChI is InChI=1S/C29H37NO3.C2H4O2/c1-29-16-24(18-5-8-20(9-6-18)30(2)3)28-22-12-10-21(31)15-19(22)7-11-23(28)25(29)13-14-26(29)27(32)17-33-4;1-2(3)4/h5-6,8-9,15,23-26H,7,10-14,16-17H2,1-4H3;1H3,(H,3,4). The molecule has 2 saturated carbocycles. The van der Waals surface area contributed by atoms with Gasteiger partial charge in [-0.15, -0.1) is 0 Å². The predicted molar refractivity (Wildman–Crippen MR) is 145 cm³/mol. The summed E-state index contributed by atoms with van der Waals surface area (Å²) >= 11 is 0. The van der Waals surface area contributed by atoms with E-state index in [0.29, 0.717) is 24.2 Å². The molecule has 0 aromatic heterocycles. The molecule has 37 heavy (non-hydrogen) atoms. The number of Topliss-reactive ketones (excluding diaryl/α,β-unsaturated/α-hetero) is 1. The van der Waals surface area contributed by atoms with E-state index in [9.17, 15) is 9.59 Å². The van der Waals surface area contributed by atoms with Crippen LogP contribution in [-0.4, -0.2) is 50.5 Å². The fraction of sp³-hybridized carbons (Fsp3) is 0.581. The lowest BCUT2D eigenvalue weighted by atomic mass is 9.51. The molecule has 5 rings (SSSR count). The van der Waals surface area contributed by atoms with E-state index in [1.165, 1.54) is 22.4 Å². The molecular weight excluding hydrogens is 466 g/mol. The minimum absolute atomic E-state index is 0.000923. The number of aliphatic carboxylic acids is 1. The van der Waals surface area contributed by atoms with Gasteiger partial charge in [-0.3, -0.25) is 14.4 Å². The van der Waals surface area contributed by atoms with Crippen LogP contribution < -0.4 is 4.90 Å². The lowest BCUT2D eigenvalue weighted by Gasteiger charge is -2.52. The third-order valence-corrected chi connectivity index (χ3v) is 9.22. The van der Waals surface area contributed by atoms with E-state index in [1.807, 2.05) is 6.08 Å². The summed E-state index contributed by atoms with van der Waals surface area (Å²) in [5.74, 6) is 1.19. The highest BCUT2D eigenvalue weighted by molar-refractivity contribution is 5.93. The van der Waals surface area contributed by atoms with E-state index in [4.69, 9.17) is 14.6 Å². The van der Waals surface area contributed by atoms with Gasteiger partial charge in [-0.2, -0.15) is 0 Å². The van der Waals surface area contributed by atoms with Crippen LogP contribution >= 0.6 is 0 Å². The largest absolute Gasteiger partial charge is 0.481 e. The van der Waals surface area contributed by atoms with Gasteiger partial charge in [-0.05, 0) is 90.7 Å². The van der Waals surface area contributed by atoms with Gasteiger partial charge in [0.1, 0.15) is 6.61 Å². The van der Waals surface area contributed by atoms with Crippen molar-refractivity contribution in [3.05, 3.63) is 52.6 Å². The molecule has 5 unspecified atom stereocenters. The summed E-state index contributed by atoms with van der Waals surface area (Å²) in [5.41, 5.74) is 6.92. The van der Waals surface area contributed by atoms with Gasteiger partial charge in [-0.1, -0.05) is 24.6 Å². The molecule has 0 amide bonds. The highest BCUT2D eigenvalue weighted by Gasteiger charge is 2.58. The normalized spacial score (nSPS) is 30.3. The molecule has 0 aliphatic heterocycles. The maximum absolute atomic E-state index is 13.1. The second kappa shape index (κ2) is 10.9. The van der Waals surface area contributed by atoms with Gasteiger partial charge < -0.3 is 14.7 Å². The van der Waals surface area contributed by atoms with Crippen molar-refractivity contribution in [1.82, 2.24) is 0 Å². The SMILES string of the molecule is CC(=O)O.COCC(=O)C1CCC2C3CCC4=CC(=O)CCC4=C3C(c3ccc(N(C)C)cc3)CC12C. The molecule has 6 heteroatoms. The molecule has 0 heterocycles. The summed E-state index contributed by atoms with van der Waals surface area (Å²) in [5, 5.41) is 7.42. The Kier molecular flexibility index (Phi) is 8.08. The van der Waals surface area contributed by atoms with Crippen LogP contribution in [-0.2, 0) is 19.1 Å². The number of fused-ring (bicyclic) bond motifs is 4. The molecule has 0 spiro atoms. The molecule has 0 bridgehead atoms. The average Bonchev–Trinajstić information content (AvgIpc) is 3.20. The van der Waals surface area contributed by atoms with Crippen molar-refractivity contribution in [1.29, 1.82) is 0 Å². The van der Waals surface area contributed by atoms with Crippen LogP contribution in [0.2, 0.25) is 0 Å². The van der Waals surface area contributed by atoms with Crippen LogP contribution in [0.4, 0.5) is 5.69 Å².